The predicted molar refractivity (Wildman–Crippen MR) is 100 cm³/mol. The number of carbonyl (C=O) groups excluding carboxylic acids is 1. The van der Waals surface area contributed by atoms with Crippen LogP contribution in [0.25, 0.3) is 11.4 Å². The molecular formula is C20H19N5O2. The van der Waals surface area contributed by atoms with E-state index in [0.717, 1.165) is 12.0 Å². The maximum absolute atomic E-state index is 12.8. The highest BCUT2D eigenvalue weighted by Crippen LogP contribution is 2.19. The molecule has 4 rings (SSSR count). The Morgan fingerprint density at radius 3 is 2.63 bits per heavy atom. The summed E-state index contributed by atoms with van der Waals surface area (Å²) in [5.41, 5.74) is 2.44. The Hall–Kier alpha value is -3.35. The van der Waals surface area contributed by atoms with Gasteiger partial charge >= 0.3 is 0 Å². The van der Waals surface area contributed by atoms with Crippen LogP contribution in [0.5, 0.6) is 0 Å². The van der Waals surface area contributed by atoms with Crippen molar-refractivity contribution in [2.45, 2.75) is 26.3 Å². The van der Waals surface area contributed by atoms with Crippen LogP contribution in [0.15, 0.2) is 47.5 Å². The number of benzene rings is 1. The van der Waals surface area contributed by atoms with Gasteiger partial charge in [-0.05, 0) is 6.42 Å². The first-order valence-corrected chi connectivity index (χ1v) is 8.93. The molecule has 7 heteroatoms. The van der Waals surface area contributed by atoms with E-state index in [9.17, 15) is 9.59 Å². The fourth-order valence-corrected chi connectivity index (χ4v) is 3.18. The highest BCUT2D eigenvalue weighted by atomic mass is 16.2. The fraction of sp³-hybridized carbons (Fsp3) is 0.250. The van der Waals surface area contributed by atoms with E-state index in [1.165, 1.54) is 0 Å². The number of hydrogen-bond donors (Lipinski definition) is 1. The van der Waals surface area contributed by atoms with Gasteiger partial charge in [-0.15, -0.1) is 0 Å². The zero-order valence-electron chi connectivity index (χ0n) is 15.0. The van der Waals surface area contributed by atoms with E-state index < -0.39 is 0 Å². The Labute approximate surface area is 156 Å². The molecule has 0 atom stereocenters. The summed E-state index contributed by atoms with van der Waals surface area (Å²) < 4.78 is 0. The topological polar surface area (TPSA) is 91.8 Å². The predicted octanol–water partition coefficient (Wildman–Crippen LogP) is 1.99. The molecule has 0 aliphatic carbocycles. The smallest absolute Gasteiger partial charge is 0.257 e. The fourth-order valence-electron chi connectivity index (χ4n) is 3.18. The molecule has 0 saturated heterocycles. The number of fused-ring (bicyclic) bond motifs is 1. The van der Waals surface area contributed by atoms with Crippen LogP contribution in [0.1, 0.15) is 34.4 Å². The normalized spacial score (nSPS) is 13.3. The van der Waals surface area contributed by atoms with Crippen LogP contribution in [-0.2, 0) is 19.4 Å². The first-order chi connectivity index (χ1) is 13.2. The molecular weight excluding hydrogens is 342 g/mol. The summed E-state index contributed by atoms with van der Waals surface area (Å²) in [6.07, 6.45) is 4.32. The average molecular weight is 361 g/mol. The van der Waals surface area contributed by atoms with Crippen molar-refractivity contribution in [1.82, 2.24) is 24.8 Å². The van der Waals surface area contributed by atoms with Gasteiger partial charge in [-0.3, -0.25) is 9.59 Å². The monoisotopic (exact) mass is 361 g/mol. The summed E-state index contributed by atoms with van der Waals surface area (Å²) in [7, 11) is 0. The number of amides is 1. The molecule has 27 heavy (non-hydrogen) atoms. The zero-order valence-corrected chi connectivity index (χ0v) is 15.0. The van der Waals surface area contributed by atoms with Crippen LogP contribution in [0.3, 0.4) is 0 Å². The van der Waals surface area contributed by atoms with Crippen LogP contribution in [0.2, 0.25) is 0 Å². The molecule has 3 aromatic rings. The lowest BCUT2D eigenvalue weighted by atomic mass is 10.1. The summed E-state index contributed by atoms with van der Waals surface area (Å²) in [5, 5.41) is 0. The molecule has 0 spiro atoms. The van der Waals surface area contributed by atoms with Crippen molar-refractivity contribution in [2.75, 3.05) is 6.54 Å². The van der Waals surface area contributed by atoms with Gasteiger partial charge in [0, 0.05) is 36.5 Å². The van der Waals surface area contributed by atoms with E-state index in [1.54, 1.807) is 17.3 Å². The van der Waals surface area contributed by atoms with Crippen molar-refractivity contribution in [3.63, 3.8) is 0 Å². The lowest BCUT2D eigenvalue weighted by Crippen LogP contribution is -2.39. The Bertz CT molecular complexity index is 1030. The lowest BCUT2D eigenvalue weighted by molar-refractivity contribution is 0.0730. The van der Waals surface area contributed by atoms with Crippen LogP contribution >= 0.6 is 0 Å². The third kappa shape index (κ3) is 3.36. The van der Waals surface area contributed by atoms with E-state index in [4.69, 9.17) is 0 Å². The Balaban J connectivity index is 1.62. The maximum atomic E-state index is 12.8. The van der Waals surface area contributed by atoms with Crippen molar-refractivity contribution in [3.8, 4) is 11.4 Å². The third-order valence-corrected chi connectivity index (χ3v) is 4.68. The number of H-pyrrole nitrogens is 1. The van der Waals surface area contributed by atoms with Gasteiger partial charge < -0.3 is 9.88 Å². The molecule has 0 saturated carbocycles. The van der Waals surface area contributed by atoms with Gasteiger partial charge in [-0.25, -0.2) is 15.0 Å². The number of aromatic nitrogens is 4. The number of nitrogens with zero attached hydrogens (tertiary/aromatic N) is 4. The summed E-state index contributed by atoms with van der Waals surface area (Å²) in [6, 6.07) is 9.48. The van der Waals surface area contributed by atoms with E-state index in [-0.39, 0.29) is 11.5 Å². The molecule has 0 bridgehead atoms. The largest absolute Gasteiger partial charge is 0.332 e. The molecule has 2 aromatic heterocycles. The first kappa shape index (κ1) is 17.1. The first-order valence-electron chi connectivity index (χ1n) is 8.93. The van der Waals surface area contributed by atoms with E-state index >= 15 is 0 Å². The number of nitrogens with one attached hydrogen (secondary N) is 1. The molecule has 7 nitrogen and oxygen atoms in total. The van der Waals surface area contributed by atoms with Crippen molar-refractivity contribution >= 4 is 5.91 Å². The number of aryl methyl sites for hydroxylation is 1. The quantitative estimate of drug-likeness (QED) is 0.770. The highest BCUT2D eigenvalue weighted by molar-refractivity contribution is 5.93. The van der Waals surface area contributed by atoms with Gasteiger partial charge in [-0.2, -0.15) is 0 Å². The molecule has 1 aliphatic heterocycles. The molecule has 1 aliphatic rings. The number of aromatic amines is 1. The summed E-state index contributed by atoms with van der Waals surface area (Å²) >= 11 is 0. The summed E-state index contributed by atoms with van der Waals surface area (Å²) in [6.45, 7) is 2.73. The maximum Gasteiger partial charge on any atom is 0.257 e. The summed E-state index contributed by atoms with van der Waals surface area (Å²) in [4.78, 5) is 42.8. The van der Waals surface area contributed by atoms with Gasteiger partial charge in [0.2, 0.25) is 0 Å². The molecule has 0 fully saturated rings. The van der Waals surface area contributed by atoms with Gasteiger partial charge in [0.1, 0.15) is 11.6 Å². The molecule has 3 heterocycles. The van der Waals surface area contributed by atoms with E-state index in [0.29, 0.717) is 48.0 Å². The number of rotatable bonds is 3. The van der Waals surface area contributed by atoms with Gasteiger partial charge in [-0.1, -0.05) is 37.3 Å². The van der Waals surface area contributed by atoms with Crippen molar-refractivity contribution in [3.05, 3.63) is 75.7 Å². The minimum Gasteiger partial charge on any atom is -0.332 e. The van der Waals surface area contributed by atoms with Gasteiger partial charge in [0.15, 0.2) is 0 Å². The minimum absolute atomic E-state index is 0.137. The Kier molecular flexibility index (Phi) is 4.50. The van der Waals surface area contributed by atoms with Crippen LogP contribution in [-0.4, -0.2) is 37.3 Å². The Morgan fingerprint density at radius 2 is 1.93 bits per heavy atom. The molecule has 0 radical (unpaired) electrons. The number of carbonyl (C=O) groups is 1. The second-order valence-corrected chi connectivity index (χ2v) is 6.42. The summed E-state index contributed by atoms with van der Waals surface area (Å²) in [5.74, 6) is 1.08. The molecule has 1 amide bonds. The van der Waals surface area contributed by atoms with Crippen molar-refractivity contribution in [2.24, 2.45) is 0 Å². The lowest BCUT2D eigenvalue weighted by Gasteiger charge is -2.27. The third-order valence-electron chi connectivity index (χ3n) is 4.68. The van der Waals surface area contributed by atoms with Crippen LogP contribution in [0.4, 0.5) is 0 Å². The molecule has 1 N–H and O–H groups in total. The van der Waals surface area contributed by atoms with Crippen molar-refractivity contribution < 1.29 is 4.79 Å². The van der Waals surface area contributed by atoms with Gasteiger partial charge in [0.25, 0.3) is 11.5 Å². The van der Waals surface area contributed by atoms with E-state index in [2.05, 4.69) is 19.9 Å². The van der Waals surface area contributed by atoms with E-state index in [1.807, 2.05) is 37.3 Å². The minimum atomic E-state index is -0.147. The second kappa shape index (κ2) is 7.11. The Morgan fingerprint density at radius 1 is 1.19 bits per heavy atom. The van der Waals surface area contributed by atoms with Crippen LogP contribution in [0, 0.1) is 0 Å². The van der Waals surface area contributed by atoms with Crippen LogP contribution < -0.4 is 5.56 Å². The highest BCUT2D eigenvalue weighted by Gasteiger charge is 2.25. The standard InChI is InChI=1S/C20H19N5O2/c1-2-17-21-10-14(11-22-17)20(27)25-9-8-15-16(12-25)23-18(24-19(15)26)13-6-4-3-5-7-13/h3-7,10-11H,2,8-9,12H2,1H3,(H,23,24,26). The zero-order chi connectivity index (χ0) is 18.8. The average Bonchev–Trinajstić information content (AvgIpc) is 2.73. The molecule has 1 aromatic carbocycles. The molecule has 0 unspecified atom stereocenters. The second-order valence-electron chi connectivity index (χ2n) is 6.42. The van der Waals surface area contributed by atoms with Gasteiger partial charge in [0.05, 0.1) is 17.8 Å². The van der Waals surface area contributed by atoms with Crippen molar-refractivity contribution in [1.29, 1.82) is 0 Å². The molecule has 136 valence electrons. The number of hydrogen-bond acceptors (Lipinski definition) is 5. The SMILES string of the molecule is CCc1ncc(C(=O)N2CCc3c(nc(-c4ccccc4)[nH]c3=O)C2)cn1.